The molecule has 1 aliphatic carbocycles. The zero-order valence-corrected chi connectivity index (χ0v) is 13.4. The van der Waals surface area contributed by atoms with Crippen LogP contribution in [0.5, 0.6) is 0 Å². The van der Waals surface area contributed by atoms with Crippen LogP contribution in [0.1, 0.15) is 17.0 Å². The molecule has 0 bridgehead atoms. The summed E-state index contributed by atoms with van der Waals surface area (Å²) in [4.78, 5) is 23.7. The summed E-state index contributed by atoms with van der Waals surface area (Å²) < 4.78 is 0. The van der Waals surface area contributed by atoms with Gasteiger partial charge in [-0.3, -0.25) is 4.79 Å². The Morgan fingerprint density at radius 3 is 2.24 bits per heavy atom. The molecule has 2 nitrogen and oxygen atoms in total. The van der Waals surface area contributed by atoms with E-state index in [0.29, 0.717) is 0 Å². The smallest absolute Gasteiger partial charge is 0.170 e. The first-order valence-electron chi connectivity index (χ1n) is 8.32. The lowest BCUT2D eigenvalue weighted by Gasteiger charge is -2.19. The first kappa shape index (κ1) is 14.1. The maximum atomic E-state index is 12.2. The van der Waals surface area contributed by atoms with Crippen molar-refractivity contribution in [2.75, 3.05) is 0 Å². The first-order chi connectivity index (χ1) is 12.3. The molecule has 1 atom stereocenters. The predicted octanol–water partition coefficient (Wildman–Crippen LogP) is 5.02. The quantitative estimate of drug-likeness (QED) is 0.280. The van der Waals surface area contributed by atoms with Crippen molar-refractivity contribution in [1.29, 1.82) is 0 Å². The lowest BCUT2D eigenvalue weighted by molar-refractivity contribution is -0.120. The van der Waals surface area contributed by atoms with Gasteiger partial charge >= 0.3 is 0 Å². The molecule has 1 aliphatic rings. The van der Waals surface area contributed by atoms with Crippen LogP contribution in [-0.2, 0) is 9.59 Å². The largest absolute Gasteiger partial charge is 0.302 e. The Morgan fingerprint density at radius 2 is 1.36 bits per heavy atom. The van der Waals surface area contributed by atoms with E-state index in [1.54, 1.807) is 0 Å². The second-order valence-electron chi connectivity index (χ2n) is 6.46. The van der Waals surface area contributed by atoms with E-state index in [4.69, 9.17) is 0 Å². The minimum Gasteiger partial charge on any atom is -0.302 e. The number of hydrogen-bond acceptors (Lipinski definition) is 2. The molecule has 1 unspecified atom stereocenters. The van der Waals surface area contributed by atoms with Crippen LogP contribution in [0, 0.1) is 0 Å². The van der Waals surface area contributed by atoms with Crippen molar-refractivity contribution in [2.45, 2.75) is 5.92 Å². The highest BCUT2D eigenvalue weighted by molar-refractivity contribution is 6.20. The van der Waals surface area contributed by atoms with Gasteiger partial charge in [-0.05, 0) is 49.5 Å². The van der Waals surface area contributed by atoms with E-state index in [0.717, 1.165) is 33.6 Å². The molecule has 0 amide bonds. The molecular weight excluding hydrogens is 308 g/mol. The summed E-state index contributed by atoms with van der Waals surface area (Å²) >= 11 is 0. The molecular formula is C23H14O2. The number of hydrogen-bond donors (Lipinski definition) is 0. The maximum Gasteiger partial charge on any atom is 0.170 e. The van der Waals surface area contributed by atoms with Gasteiger partial charge in [-0.2, -0.15) is 0 Å². The number of carbonyl (C=O) groups is 2. The fraction of sp³-hybridized carbons (Fsp3) is 0.0435. The van der Waals surface area contributed by atoms with Crippen molar-refractivity contribution in [2.24, 2.45) is 0 Å². The minimum atomic E-state index is -0.707. The summed E-state index contributed by atoms with van der Waals surface area (Å²) in [7, 11) is 0. The average molecular weight is 322 g/mol. The van der Waals surface area contributed by atoms with Crippen LogP contribution in [0.2, 0.25) is 0 Å². The van der Waals surface area contributed by atoms with Crippen LogP contribution in [0.15, 0.2) is 66.7 Å². The summed E-state index contributed by atoms with van der Waals surface area (Å²) in [5, 5.41) is 6.81. The Hall–Kier alpha value is -3.26. The normalized spacial score (nSPS) is 16.5. The standard InChI is InChI=1S/C23H14O2/c24-13-21-22(25)12-7-15-6-9-19-18-8-5-14-3-1-2-4-16(14)17(18)10-11-20(19)23(15)21/h1-13,21H. The molecule has 0 fully saturated rings. The molecule has 0 heterocycles. The van der Waals surface area contributed by atoms with Crippen molar-refractivity contribution in [3.8, 4) is 0 Å². The number of aldehydes is 1. The van der Waals surface area contributed by atoms with Crippen LogP contribution in [0.4, 0.5) is 0 Å². The Bertz CT molecular complexity index is 1230. The number of benzene rings is 4. The third-order valence-electron chi connectivity index (χ3n) is 5.18. The molecule has 0 N–H and O–H groups in total. The highest BCUT2D eigenvalue weighted by Crippen LogP contribution is 2.38. The molecule has 0 spiro atoms. The molecule has 0 aliphatic heterocycles. The third-order valence-corrected chi connectivity index (χ3v) is 5.18. The van der Waals surface area contributed by atoms with Gasteiger partial charge in [-0.25, -0.2) is 0 Å². The van der Waals surface area contributed by atoms with Crippen molar-refractivity contribution < 1.29 is 9.59 Å². The van der Waals surface area contributed by atoms with Crippen LogP contribution < -0.4 is 0 Å². The van der Waals surface area contributed by atoms with E-state index in [1.807, 2.05) is 30.3 Å². The summed E-state index contributed by atoms with van der Waals surface area (Å²) in [6.45, 7) is 0. The van der Waals surface area contributed by atoms with Gasteiger partial charge in [0.25, 0.3) is 0 Å². The fourth-order valence-electron chi connectivity index (χ4n) is 3.99. The fourth-order valence-corrected chi connectivity index (χ4v) is 3.99. The van der Waals surface area contributed by atoms with Crippen molar-refractivity contribution in [3.63, 3.8) is 0 Å². The van der Waals surface area contributed by atoms with Gasteiger partial charge in [0.2, 0.25) is 0 Å². The number of fused-ring (bicyclic) bond motifs is 7. The van der Waals surface area contributed by atoms with Crippen molar-refractivity contribution in [1.82, 2.24) is 0 Å². The highest BCUT2D eigenvalue weighted by Gasteiger charge is 2.26. The zero-order chi connectivity index (χ0) is 17.0. The average Bonchev–Trinajstić information content (AvgIpc) is 2.67. The Balaban J connectivity index is 1.94. The molecule has 118 valence electrons. The number of carbonyl (C=O) groups excluding carboxylic acids is 2. The number of ketones is 1. The molecule has 0 saturated heterocycles. The molecule has 5 rings (SSSR count). The van der Waals surface area contributed by atoms with Crippen molar-refractivity contribution in [3.05, 3.63) is 77.9 Å². The number of allylic oxidation sites excluding steroid dienone is 1. The maximum absolute atomic E-state index is 12.2. The van der Waals surface area contributed by atoms with Gasteiger partial charge in [0.15, 0.2) is 5.78 Å². The monoisotopic (exact) mass is 322 g/mol. The van der Waals surface area contributed by atoms with Crippen LogP contribution in [0.25, 0.3) is 38.4 Å². The number of rotatable bonds is 1. The second kappa shape index (κ2) is 5.12. The van der Waals surface area contributed by atoms with Crippen molar-refractivity contribution >= 4 is 50.5 Å². The van der Waals surface area contributed by atoms with Gasteiger partial charge in [-0.15, -0.1) is 0 Å². The van der Waals surface area contributed by atoms with E-state index in [9.17, 15) is 9.59 Å². The summed E-state index contributed by atoms with van der Waals surface area (Å²) in [6, 6.07) is 20.8. The van der Waals surface area contributed by atoms with Gasteiger partial charge in [0.05, 0.1) is 0 Å². The van der Waals surface area contributed by atoms with Gasteiger partial charge in [0.1, 0.15) is 12.2 Å². The van der Waals surface area contributed by atoms with E-state index in [2.05, 4.69) is 36.4 Å². The third kappa shape index (κ3) is 1.91. The second-order valence-corrected chi connectivity index (χ2v) is 6.46. The molecule has 0 radical (unpaired) electrons. The Kier molecular flexibility index (Phi) is 2.89. The lowest BCUT2D eigenvalue weighted by Crippen LogP contribution is -2.16. The lowest BCUT2D eigenvalue weighted by atomic mass is 9.82. The molecule has 25 heavy (non-hydrogen) atoms. The minimum absolute atomic E-state index is 0.145. The highest BCUT2D eigenvalue weighted by atomic mass is 16.1. The molecule has 4 aromatic carbocycles. The zero-order valence-electron chi connectivity index (χ0n) is 13.4. The topological polar surface area (TPSA) is 34.1 Å². The molecule has 0 aromatic heterocycles. The van der Waals surface area contributed by atoms with E-state index in [-0.39, 0.29) is 5.78 Å². The van der Waals surface area contributed by atoms with Crippen LogP contribution in [-0.4, -0.2) is 12.1 Å². The SMILES string of the molecule is O=CC1C(=O)C=Cc2ccc3c(ccc4c5ccccc5ccc34)c21. The van der Waals surface area contributed by atoms with Gasteiger partial charge in [0, 0.05) is 0 Å². The van der Waals surface area contributed by atoms with Crippen LogP contribution >= 0.6 is 0 Å². The van der Waals surface area contributed by atoms with Gasteiger partial charge in [-0.1, -0.05) is 66.7 Å². The van der Waals surface area contributed by atoms with E-state index < -0.39 is 5.92 Å². The van der Waals surface area contributed by atoms with Gasteiger partial charge < -0.3 is 4.79 Å². The summed E-state index contributed by atoms with van der Waals surface area (Å²) in [6.07, 6.45) is 4.07. The van der Waals surface area contributed by atoms with E-state index >= 15 is 0 Å². The Morgan fingerprint density at radius 1 is 0.680 bits per heavy atom. The molecule has 2 heteroatoms. The molecule has 0 saturated carbocycles. The Labute approximate surface area is 144 Å². The van der Waals surface area contributed by atoms with Crippen LogP contribution in [0.3, 0.4) is 0 Å². The predicted molar refractivity (Wildman–Crippen MR) is 102 cm³/mol. The first-order valence-corrected chi connectivity index (χ1v) is 8.32. The molecule has 4 aromatic rings. The summed E-state index contributed by atoms with van der Waals surface area (Å²) in [5.74, 6) is -0.852. The van der Waals surface area contributed by atoms with E-state index in [1.165, 1.54) is 22.2 Å². The summed E-state index contributed by atoms with van der Waals surface area (Å²) in [5.41, 5.74) is 1.78.